The first-order chi connectivity index (χ1) is 8.52. The Kier molecular flexibility index (Phi) is 5.69. The Balaban J connectivity index is 2.74. The predicted molar refractivity (Wildman–Crippen MR) is 79.0 cm³/mol. The Labute approximate surface area is 111 Å². The van der Waals surface area contributed by atoms with E-state index < -0.39 is 0 Å². The number of nitrogens with one attached hydrogen (secondary N) is 2. The zero-order valence-electron chi connectivity index (χ0n) is 12.2. The molecule has 0 radical (unpaired) electrons. The van der Waals surface area contributed by atoms with Crippen LogP contribution in [-0.2, 0) is 6.54 Å². The molecule has 0 aliphatic rings. The Morgan fingerprint density at radius 2 is 2.00 bits per heavy atom. The SMILES string of the molecule is CCNC(=NCc1ccc(C)cc1C)NC(C)C. The summed E-state index contributed by atoms with van der Waals surface area (Å²) in [4.78, 5) is 4.61. The van der Waals surface area contributed by atoms with Crippen molar-refractivity contribution < 1.29 is 0 Å². The van der Waals surface area contributed by atoms with Gasteiger partial charge in [-0.15, -0.1) is 0 Å². The van der Waals surface area contributed by atoms with Crippen LogP contribution in [0.3, 0.4) is 0 Å². The minimum absolute atomic E-state index is 0.391. The summed E-state index contributed by atoms with van der Waals surface area (Å²) >= 11 is 0. The lowest BCUT2D eigenvalue weighted by molar-refractivity contribution is 0.700. The molecule has 0 aromatic heterocycles. The molecule has 0 atom stereocenters. The van der Waals surface area contributed by atoms with Gasteiger partial charge in [0.25, 0.3) is 0 Å². The van der Waals surface area contributed by atoms with Crippen LogP contribution >= 0.6 is 0 Å². The standard InChI is InChI=1S/C15H25N3/c1-6-16-15(18-11(2)3)17-10-14-8-7-12(4)9-13(14)5/h7-9,11H,6,10H2,1-5H3,(H2,16,17,18). The van der Waals surface area contributed by atoms with Crippen molar-refractivity contribution in [3.8, 4) is 0 Å². The number of benzene rings is 1. The zero-order chi connectivity index (χ0) is 13.5. The van der Waals surface area contributed by atoms with E-state index in [2.05, 4.69) is 68.4 Å². The fourth-order valence-corrected chi connectivity index (χ4v) is 1.78. The predicted octanol–water partition coefficient (Wildman–Crippen LogP) is 2.77. The lowest BCUT2D eigenvalue weighted by Crippen LogP contribution is -2.41. The first-order valence-corrected chi connectivity index (χ1v) is 6.64. The first-order valence-electron chi connectivity index (χ1n) is 6.64. The van der Waals surface area contributed by atoms with E-state index in [1.54, 1.807) is 0 Å². The highest BCUT2D eigenvalue weighted by molar-refractivity contribution is 5.80. The smallest absolute Gasteiger partial charge is 0.191 e. The summed E-state index contributed by atoms with van der Waals surface area (Å²) in [6.45, 7) is 12.2. The first kappa shape index (κ1) is 14.6. The second-order valence-electron chi connectivity index (χ2n) is 4.92. The zero-order valence-corrected chi connectivity index (χ0v) is 12.2. The van der Waals surface area contributed by atoms with Crippen molar-refractivity contribution in [3.05, 3.63) is 34.9 Å². The van der Waals surface area contributed by atoms with Crippen LogP contribution < -0.4 is 10.6 Å². The summed E-state index contributed by atoms with van der Waals surface area (Å²) < 4.78 is 0. The number of hydrogen-bond acceptors (Lipinski definition) is 1. The summed E-state index contributed by atoms with van der Waals surface area (Å²) in [5.74, 6) is 0.882. The number of guanidine groups is 1. The molecule has 1 aromatic carbocycles. The molecule has 18 heavy (non-hydrogen) atoms. The van der Waals surface area contributed by atoms with Crippen LogP contribution in [0.2, 0.25) is 0 Å². The van der Waals surface area contributed by atoms with E-state index in [0.717, 1.165) is 12.5 Å². The van der Waals surface area contributed by atoms with Crippen molar-refractivity contribution in [1.29, 1.82) is 0 Å². The minimum atomic E-state index is 0.391. The van der Waals surface area contributed by atoms with Gasteiger partial charge in [-0.25, -0.2) is 4.99 Å². The number of nitrogens with zero attached hydrogens (tertiary/aromatic N) is 1. The van der Waals surface area contributed by atoms with Crippen molar-refractivity contribution in [2.75, 3.05) is 6.54 Å². The van der Waals surface area contributed by atoms with Crippen LogP contribution in [0.5, 0.6) is 0 Å². The van der Waals surface area contributed by atoms with Crippen LogP contribution in [-0.4, -0.2) is 18.5 Å². The number of rotatable bonds is 4. The van der Waals surface area contributed by atoms with Crippen molar-refractivity contribution in [2.24, 2.45) is 4.99 Å². The summed E-state index contributed by atoms with van der Waals surface area (Å²) in [6.07, 6.45) is 0. The molecule has 0 amide bonds. The van der Waals surface area contributed by atoms with E-state index in [-0.39, 0.29) is 0 Å². The number of hydrogen-bond donors (Lipinski definition) is 2. The Bertz CT molecular complexity index is 408. The highest BCUT2D eigenvalue weighted by atomic mass is 15.2. The molecule has 0 saturated heterocycles. The third-order valence-electron chi connectivity index (χ3n) is 2.68. The second kappa shape index (κ2) is 7.04. The van der Waals surface area contributed by atoms with Gasteiger partial charge in [-0.2, -0.15) is 0 Å². The van der Waals surface area contributed by atoms with Crippen LogP contribution in [0.15, 0.2) is 23.2 Å². The second-order valence-corrected chi connectivity index (χ2v) is 4.92. The maximum atomic E-state index is 4.61. The summed E-state index contributed by atoms with van der Waals surface area (Å²) in [5.41, 5.74) is 3.88. The van der Waals surface area contributed by atoms with Gasteiger partial charge in [0.1, 0.15) is 0 Å². The molecule has 0 aliphatic carbocycles. The summed E-state index contributed by atoms with van der Waals surface area (Å²) in [5, 5.41) is 6.57. The molecule has 1 aromatic rings. The maximum Gasteiger partial charge on any atom is 0.191 e. The van der Waals surface area contributed by atoms with Crippen LogP contribution in [0.1, 0.15) is 37.5 Å². The molecular formula is C15H25N3. The molecule has 3 nitrogen and oxygen atoms in total. The Morgan fingerprint density at radius 3 is 2.56 bits per heavy atom. The highest BCUT2D eigenvalue weighted by Gasteiger charge is 2.01. The lowest BCUT2D eigenvalue weighted by atomic mass is 10.1. The monoisotopic (exact) mass is 247 g/mol. The van der Waals surface area contributed by atoms with Gasteiger partial charge in [0.05, 0.1) is 6.54 Å². The molecule has 1 rings (SSSR count). The molecule has 0 heterocycles. The lowest BCUT2D eigenvalue weighted by Gasteiger charge is -2.14. The Morgan fingerprint density at radius 1 is 1.28 bits per heavy atom. The molecule has 2 N–H and O–H groups in total. The topological polar surface area (TPSA) is 36.4 Å². The van der Waals surface area contributed by atoms with Crippen molar-refractivity contribution in [3.63, 3.8) is 0 Å². The number of aliphatic imine (C=N–C) groups is 1. The normalized spacial score (nSPS) is 11.8. The summed E-state index contributed by atoms with van der Waals surface area (Å²) in [6, 6.07) is 6.89. The van der Waals surface area contributed by atoms with Crippen LogP contribution in [0.25, 0.3) is 0 Å². The van der Waals surface area contributed by atoms with Gasteiger partial charge in [-0.3, -0.25) is 0 Å². The van der Waals surface area contributed by atoms with Crippen molar-refractivity contribution in [2.45, 2.75) is 47.2 Å². The van der Waals surface area contributed by atoms with Crippen molar-refractivity contribution in [1.82, 2.24) is 10.6 Å². The third-order valence-corrected chi connectivity index (χ3v) is 2.68. The minimum Gasteiger partial charge on any atom is -0.357 e. The fraction of sp³-hybridized carbons (Fsp3) is 0.533. The third kappa shape index (κ3) is 4.78. The van der Waals surface area contributed by atoms with Crippen molar-refractivity contribution >= 4 is 5.96 Å². The van der Waals surface area contributed by atoms with E-state index in [4.69, 9.17) is 0 Å². The van der Waals surface area contributed by atoms with Gasteiger partial charge in [0, 0.05) is 12.6 Å². The van der Waals surface area contributed by atoms with Gasteiger partial charge in [-0.05, 0) is 45.7 Å². The molecule has 0 bridgehead atoms. The maximum absolute atomic E-state index is 4.61. The van der Waals surface area contributed by atoms with Gasteiger partial charge in [0.15, 0.2) is 5.96 Å². The van der Waals surface area contributed by atoms with Gasteiger partial charge >= 0.3 is 0 Å². The quantitative estimate of drug-likeness (QED) is 0.634. The van der Waals surface area contributed by atoms with E-state index in [0.29, 0.717) is 12.6 Å². The molecule has 3 heteroatoms. The van der Waals surface area contributed by atoms with E-state index in [1.165, 1.54) is 16.7 Å². The molecule has 0 saturated carbocycles. The highest BCUT2D eigenvalue weighted by Crippen LogP contribution is 2.11. The summed E-state index contributed by atoms with van der Waals surface area (Å²) in [7, 11) is 0. The van der Waals surface area contributed by atoms with E-state index in [1.807, 2.05) is 0 Å². The average molecular weight is 247 g/mol. The molecule has 0 aliphatic heterocycles. The van der Waals surface area contributed by atoms with Gasteiger partial charge in [-0.1, -0.05) is 23.8 Å². The largest absolute Gasteiger partial charge is 0.357 e. The molecule has 0 unspecified atom stereocenters. The van der Waals surface area contributed by atoms with E-state index >= 15 is 0 Å². The molecule has 100 valence electrons. The fourth-order valence-electron chi connectivity index (χ4n) is 1.78. The van der Waals surface area contributed by atoms with Crippen LogP contribution in [0.4, 0.5) is 0 Å². The molecular weight excluding hydrogens is 222 g/mol. The molecule has 0 spiro atoms. The average Bonchev–Trinajstić information content (AvgIpc) is 2.27. The van der Waals surface area contributed by atoms with E-state index in [9.17, 15) is 0 Å². The molecule has 0 fully saturated rings. The van der Waals surface area contributed by atoms with Crippen LogP contribution in [0, 0.1) is 13.8 Å². The number of aryl methyl sites for hydroxylation is 2. The Hall–Kier alpha value is -1.51. The van der Waals surface area contributed by atoms with Gasteiger partial charge in [0.2, 0.25) is 0 Å². The van der Waals surface area contributed by atoms with Gasteiger partial charge < -0.3 is 10.6 Å².